The van der Waals surface area contributed by atoms with Gasteiger partial charge in [0, 0.05) is 31.2 Å². The van der Waals surface area contributed by atoms with E-state index in [1.165, 1.54) is 0 Å². The van der Waals surface area contributed by atoms with E-state index in [2.05, 4.69) is 22.0 Å². The molecule has 126 valence electrons. The molecule has 0 aliphatic carbocycles. The number of methoxy groups -OCH3 is 1. The SMILES string of the molecule is COc1cccc(NC(=O)c2cc3c(c4ccccc4n3C)n2C)c1. The van der Waals surface area contributed by atoms with E-state index < -0.39 is 0 Å². The smallest absolute Gasteiger partial charge is 0.272 e. The monoisotopic (exact) mass is 333 g/mol. The van der Waals surface area contributed by atoms with Crippen LogP contribution in [0.5, 0.6) is 5.75 Å². The first-order valence-electron chi connectivity index (χ1n) is 8.08. The van der Waals surface area contributed by atoms with Gasteiger partial charge in [0.25, 0.3) is 5.91 Å². The Morgan fingerprint density at radius 2 is 1.76 bits per heavy atom. The van der Waals surface area contributed by atoms with E-state index in [0.717, 1.165) is 21.9 Å². The molecule has 0 radical (unpaired) electrons. The number of benzene rings is 2. The van der Waals surface area contributed by atoms with Gasteiger partial charge in [-0.3, -0.25) is 4.79 Å². The van der Waals surface area contributed by atoms with Gasteiger partial charge in [-0.1, -0.05) is 24.3 Å². The number of nitrogens with one attached hydrogen (secondary N) is 1. The van der Waals surface area contributed by atoms with Gasteiger partial charge in [0.1, 0.15) is 11.4 Å². The Balaban J connectivity index is 1.77. The van der Waals surface area contributed by atoms with Gasteiger partial charge in [0.05, 0.1) is 23.7 Å². The number of aryl methyl sites for hydroxylation is 2. The van der Waals surface area contributed by atoms with Gasteiger partial charge >= 0.3 is 0 Å². The Morgan fingerprint density at radius 1 is 0.960 bits per heavy atom. The summed E-state index contributed by atoms with van der Waals surface area (Å²) in [4.78, 5) is 12.8. The zero-order valence-corrected chi connectivity index (χ0v) is 14.4. The quantitative estimate of drug-likeness (QED) is 0.617. The third kappa shape index (κ3) is 2.36. The fraction of sp³-hybridized carbons (Fsp3) is 0.150. The molecule has 0 spiro atoms. The van der Waals surface area contributed by atoms with Crippen molar-refractivity contribution in [2.24, 2.45) is 14.1 Å². The molecule has 0 fully saturated rings. The highest BCUT2D eigenvalue weighted by atomic mass is 16.5. The zero-order chi connectivity index (χ0) is 17.6. The molecule has 1 amide bonds. The lowest BCUT2D eigenvalue weighted by atomic mass is 10.2. The molecule has 25 heavy (non-hydrogen) atoms. The molecule has 5 heteroatoms. The van der Waals surface area contributed by atoms with Crippen molar-refractivity contribution in [2.45, 2.75) is 0 Å². The number of hydrogen-bond acceptors (Lipinski definition) is 2. The van der Waals surface area contributed by atoms with E-state index in [9.17, 15) is 4.79 Å². The maximum absolute atomic E-state index is 12.8. The summed E-state index contributed by atoms with van der Waals surface area (Å²) in [5, 5.41) is 4.08. The minimum absolute atomic E-state index is 0.143. The summed E-state index contributed by atoms with van der Waals surface area (Å²) in [6, 6.07) is 17.5. The largest absolute Gasteiger partial charge is 0.497 e. The summed E-state index contributed by atoms with van der Waals surface area (Å²) < 4.78 is 9.28. The third-order valence-corrected chi connectivity index (χ3v) is 4.65. The normalized spacial score (nSPS) is 11.2. The first-order chi connectivity index (χ1) is 12.1. The van der Waals surface area contributed by atoms with Gasteiger partial charge in [-0.05, 0) is 24.3 Å². The van der Waals surface area contributed by atoms with Gasteiger partial charge in [0.15, 0.2) is 0 Å². The molecule has 0 saturated carbocycles. The Labute approximate surface area is 145 Å². The number of ether oxygens (including phenoxy) is 1. The third-order valence-electron chi connectivity index (χ3n) is 4.65. The molecule has 0 bridgehead atoms. The average molecular weight is 333 g/mol. The molecule has 4 aromatic rings. The van der Waals surface area contributed by atoms with E-state index >= 15 is 0 Å². The standard InChI is InChI=1S/C20H19N3O2/c1-22-16-10-5-4-9-15(16)19-17(22)12-18(23(19)2)20(24)21-13-7-6-8-14(11-13)25-3/h4-12H,1-3H3,(H,21,24). The number of nitrogens with zero attached hydrogens (tertiary/aromatic N) is 2. The van der Waals surface area contributed by atoms with Crippen molar-refractivity contribution in [3.05, 3.63) is 60.3 Å². The number of carbonyl (C=O) groups is 1. The van der Waals surface area contributed by atoms with Crippen molar-refractivity contribution in [1.29, 1.82) is 0 Å². The number of carbonyl (C=O) groups excluding carboxylic acids is 1. The molecular formula is C20H19N3O2. The Morgan fingerprint density at radius 3 is 2.56 bits per heavy atom. The minimum Gasteiger partial charge on any atom is -0.497 e. The summed E-state index contributed by atoms with van der Waals surface area (Å²) in [7, 11) is 5.56. The minimum atomic E-state index is -0.143. The van der Waals surface area contributed by atoms with Gasteiger partial charge in [-0.2, -0.15) is 0 Å². The molecule has 4 rings (SSSR count). The van der Waals surface area contributed by atoms with E-state index in [1.54, 1.807) is 13.2 Å². The maximum Gasteiger partial charge on any atom is 0.272 e. The van der Waals surface area contributed by atoms with Crippen molar-refractivity contribution in [3.63, 3.8) is 0 Å². The van der Waals surface area contributed by atoms with E-state index in [4.69, 9.17) is 4.74 Å². The van der Waals surface area contributed by atoms with Gasteiger partial charge in [-0.25, -0.2) is 0 Å². The van der Waals surface area contributed by atoms with Crippen molar-refractivity contribution in [3.8, 4) is 5.75 Å². The highest BCUT2D eigenvalue weighted by Gasteiger charge is 2.18. The van der Waals surface area contributed by atoms with Crippen LogP contribution >= 0.6 is 0 Å². The summed E-state index contributed by atoms with van der Waals surface area (Å²) in [6.07, 6.45) is 0. The van der Waals surface area contributed by atoms with Crippen molar-refractivity contribution >= 4 is 33.5 Å². The molecular weight excluding hydrogens is 314 g/mol. The summed E-state index contributed by atoms with van der Waals surface area (Å²) >= 11 is 0. The van der Waals surface area contributed by atoms with Crippen LogP contribution < -0.4 is 10.1 Å². The topological polar surface area (TPSA) is 48.2 Å². The van der Waals surface area contributed by atoms with Crippen LogP contribution in [-0.2, 0) is 14.1 Å². The highest BCUT2D eigenvalue weighted by molar-refractivity contribution is 6.12. The van der Waals surface area contributed by atoms with E-state index in [1.807, 2.05) is 55.1 Å². The van der Waals surface area contributed by atoms with Gasteiger partial charge < -0.3 is 19.2 Å². The zero-order valence-electron chi connectivity index (χ0n) is 14.4. The molecule has 5 nitrogen and oxygen atoms in total. The van der Waals surface area contributed by atoms with E-state index in [0.29, 0.717) is 17.1 Å². The lowest BCUT2D eigenvalue weighted by Crippen LogP contribution is -2.15. The number of aromatic nitrogens is 2. The summed E-state index contributed by atoms with van der Waals surface area (Å²) in [6.45, 7) is 0. The Kier molecular flexibility index (Phi) is 3.50. The Bertz CT molecular complexity index is 1100. The van der Waals surface area contributed by atoms with Crippen LogP contribution in [0.4, 0.5) is 5.69 Å². The van der Waals surface area contributed by atoms with Crippen LogP contribution in [0, 0.1) is 0 Å². The van der Waals surface area contributed by atoms with Crippen molar-refractivity contribution in [2.75, 3.05) is 12.4 Å². The number of amides is 1. The molecule has 0 aliphatic rings. The predicted molar refractivity (Wildman–Crippen MR) is 100 cm³/mol. The Hall–Kier alpha value is -3.21. The maximum atomic E-state index is 12.8. The first-order valence-corrected chi connectivity index (χ1v) is 8.08. The van der Waals surface area contributed by atoms with Crippen LogP contribution in [0.25, 0.3) is 21.9 Å². The molecule has 1 N–H and O–H groups in total. The second-order valence-electron chi connectivity index (χ2n) is 6.08. The molecule has 0 unspecified atom stereocenters. The van der Waals surface area contributed by atoms with Crippen LogP contribution in [0.15, 0.2) is 54.6 Å². The molecule has 0 aliphatic heterocycles. The van der Waals surface area contributed by atoms with Gasteiger partial charge in [0.2, 0.25) is 0 Å². The fourth-order valence-corrected chi connectivity index (χ4v) is 3.37. The molecule has 2 aromatic heterocycles. The molecule has 0 atom stereocenters. The fourth-order valence-electron chi connectivity index (χ4n) is 3.37. The molecule has 2 heterocycles. The predicted octanol–water partition coefficient (Wildman–Crippen LogP) is 3.93. The van der Waals surface area contributed by atoms with E-state index in [-0.39, 0.29) is 5.91 Å². The van der Waals surface area contributed by atoms with Gasteiger partial charge in [-0.15, -0.1) is 0 Å². The average Bonchev–Trinajstić information content (AvgIpc) is 3.11. The first kappa shape index (κ1) is 15.3. The lowest BCUT2D eigenvalue weighted by molar-refractivity contribution is 0.102. The van der Waals surface area contributed by atoms with Crippen LogP contribution in [0.3, 0.4) is 0 Å². The second-order valence-corrected chi connectivity index (χ2v) is 6.08. The van der Waals surface area contributed by atoms with Crippen LogP contribution in [0.1, 0.15) is 10.5 Å². The summed E-state index contributed by atoms with van der Waals surface area (Å²) in [5.74, 6) is 0.567. The number of rotatable bonds is 3. The molecule has 2 aromatic carbocycles. The number of hydrogen-bond donors (Lipinski definition) is 1. The number of para-hydroxylation sites is 1. The van der Waals surface area contributed by atoms with Crippen molar-refractivity contribution in [1.82, 2.24) is 9.13 Å². The van der Waals surface area contributed by atoms with Crippen LogP contribution in [-0.4, -0.2) is 22.2 Å². The number of fused-ring (bicyclic) bond motifs is 3. The highest BCUT2D eigenvalue weighted by Crippen LogP contribution is 2.30. The molecule has 0 saturated heterocycles. The van der Waals surface area contributed by atoms with Crippen molar-refractivity contribution < 1.29 is 9.53 Å². The lowest BCUT2D eigenvalue weighted by Gasteiger charge is -2.08. The second kappa shape index (κ2) is 5.70. The number of anilines is 1. The van der Waals surface area contributed by atoms with Crippen LogP contribution in [0.2, 0.25) is 0 Å². The summed E-state index contributed by atoms with van der Waals surface area (Å²) in [5.41, 5.74) is 4.59.